The van der Waals surface area contributed by atoms with Gasteiger partial charge in [0.25, 0.3) is 0 Å². The van der Waals surface area contributed by atoms with Crippen LogP contribution in [0.4, 0.5) is 0 Å². The quantitative estimate of drug-likeness (QED) is 0.255. The van der Waals surface area contributed by atoms with Crippen LogP contribution in [0, 0.1) is 0 Å². The zero-order chi connectivity index (χ0) is 13.8. The number of carboxylic acids is 1. The molecule has 0 spiro atoms. The number of aliphatic hydroxyl groups excluding tert-OH is 4. The maximum atomic E-state index is 10.1. The van der Waals surface area contributed by atoms with Gasteiger partial charge in [0.05, 0.1) is 20.4 Å². The Kier molecular flexibility index (Phi) is 21.0. The number of aliphatic carboxylic acids is 1. The van der Waals surface area contributed by atoms with Gasteiger partial charge in [0.2, 0.25) is 0 Å². The van der Waals surface area contributed by atoms with Gasteiger partial charge in [-0.1, -0.05) is 0 Å². The van der Waals surface area contributed by atoms with E-state index in [1.54, 1.807) is 0 Å². The Morgan fingerprint density at radius 2 is 1.45 bits per heavy atom. The maximum absolute atomic E-state index is 10.1. The van der Waals surface area contributed by atoms with Crippen molar-refractivity contribution in [3.05, 3.63) is 0 Å². The molecule has 0 rings (SSSR count). The summed E-state index contributed by atoms with van der Waals surface area (Å²) in [5.41, 5.74) is 0. The van der Waals surface area contributed by atoms with Crippen LogP contribution in [0.1, 0.15) is 0 Å². The second-order valence-electron chi connectivity index (χ2n) is 3.06. The zero-order valence-corrected chi connectivity index (χ0v) is 18.1. The number of carboxylic acid groups (broad SMARTS) is 1. The van der Waals surface area contributed by atoms with Gasteiger partial charge in [-0.25, -0.2) is 0 Å². The number of hydrogen-bond donors (Lipinski definition) is 4. The van der Waals surface area contributed by atoms with Crippen molar-refractivity contribution < 1.29 is 138 Å². The molecule has 0 amide bonds. The Balaban J connectivity index is -0.000000427. The van der Waals surface area contributed by atoms with E-state index in [9.17, 15) is 24.3 Å². The second-order valence-corrected chi connectivity index (χ2v) is 4.21. The van der Waals surface area contributed by atoms with Gasteiger partial charge in [-0.2, -0.15) is 0 Å². The van der Waals surface area contributed by atoms with Crippen molar-refractivity contribution in [2.45, 2.75) is 24.4 Å². The topological polar surface area (TPSA) is 193 Å². The summed E-state index contributed by atoms with van der Waals surface area (Å²) in [5, 5.41) is 45.9. The first-order chi connectivity index (χ1) is 7.56. The molecule has 4 N–H and O–H groups in total. The normalized spacial score (nSPS) is 16.5. The van der Waals surface area contributed by atoms with Gasteiger partial charge in [0.15, 0.2) is 0 Å². The van der Waals surface area contributed by atoms with Crippen molar-refractivity contribution in [1.82, 2.24) is 0 Å². The molecule has 0 aliphatic rings. The maximum Gasteiger partial charge on any atom is 1.00 e. The van der Waals surface area contributed by atoms with E-state index in [1.165, 1.54) is 0 Å². The number of carbonyl (C=O) groups excluding carboxylic acids is 1. The zero-order valence-electron chi connectivity index (χ0n) is 11.2. The van der Waals surface area contributed by atoms with E-state index < -0.39 is 44.8 Å². The molecule has 0 heterocycles. The summed E-state index contributed by atoms with van der Waals surface area (Å²) in [4.78, 5) is 30.1. The summed E-state index contributed by atoms with van der Waals surface area (Å²) in [7, 11) is -5.38. The minimum Gasteiger partial charge on any atom is -0.790 e. The fourth-order valence-corrected chi connectivity index (χ4v) is 1.16. The first-order valence-corrected chi connectivity index (χ1v) is 5.62. The summed E-state index contributed by atoms with van der Waals surface area (Å²) >= 11 is 0. The number of carbonyl (C=O) groups is 1. The molecule has 10 nitrogen and oxygen atoms in total. The van der Waals surface area contributed by atoms with Crippen molar-refractivity contribution in [3.63, 3.8) is 0 Å². The predicted molar refractivity (Wildman–Crippen MR) is 42.6 cm³/mol. The molecule has 102 valence electrons. The van der Waals surface area contributed by atoms with Gasteiger partial charge in [-0.05, 0) is 0 Å². The second kappa shape index (κ2) is 13.8. The van der Waals surface area contributed by atoms with Crippen LogP contribution in [0.25, 0.3) is 0 Å². The Bertz CT molecular complexity index is 311. The van der Waals surface area contributed by atoms with E-state index in [4.69, 9.17) is 20.4 Å². The van der Waals surface area contributed by atoms with Crippen LogP contribution >= 0.6 is 7.82 Å². The van der Waals surface area contributed by atoms with Crippen LogP contribution in [0.15, 0.2) is 0 Å². The number of hydrogen-bond acceptors (Lipinski definition) is 10. The molecule has 0 unspecified atom stereocenters. The van der Waals surface area contributed by atoms with E-state index in [0.29, 0.717) is 0 Å². The molecule has 0 saturated carbocycles. The van der Waals surface area contributed by atoms with Crippen LogP contribution in [-0.4, -0.2) is 57.4 Å². The molecule has 0 aliphatic carbocycles. The third kappa shape index (κ3) is 12.9. The van der Waals surface area contributed by atoms with Crippen LogP contribution < -0.4 is 104 Å². The summed E-state index contributed by atoms with van der Waals surface area (Å²) in [6.45, 7) is -1.19. The monoisotopic (exact) mass is 342 g/mol. The first-order valence-electron chi connectivity index (χ1n) is 4.16. The Morgan fingerprint density at radius 1 is 1.05 bits per heavy atom. The number of phosphoric ester groups is 1. The summed E-state index contributed by atoms with van der Waals surface area (Å²) < 4.78 is 13.6. The van der Waals surface area contributed by atoms with Gasteiger partial charge in [0.1, 0.15) is 24.4 Å². The molecule has 0 aromatic heterocycles. The van der Waals surface area contributed by atoms with E-state index in [1.807, 2.05) is 0 Å². The van der Waals surface area contributed by atoms with Gasteiger partial charge in [-0.3, -0.25) is 0 Å². The van der Waals surface area contributed by atoms with Gasteiger partial charge in [0, 0.05) is 0 Å². The van der Waals surface area contributed by atoms with Crippen LogP contribution in [0.3, 0.4) is 0 Å². The largest absolute Gasteiger partial charge is 1.00 e. The van der Waals surface area contributed by atoms with Crippen molar-refractivity contribution in [1.29, 1.82) is 0 Å². The van der Waals surface area contributed by atoms with Gasteiger partial charge in [-0.15, -0.1) is 0 Å². The Hall–Kier alpha value is 2.42. The summed E-state index contributed by atoms with van der Waals surface area (Å²) in [5.74, 6) is -2.11. The average Bonchev–Trinajstić information content (AvgIpc) is 2.21. The fourth-order valence-electron chi connectivity index (χ4n) is 0.820. The van der Waals surface area contributed by atoms with Crippen molar-refractivity contribution in [2.24, 2.45) is 0 Å². The third-order valence-electron chi connectivity index (χ3n) is 1.71. The molecule has 0 bridgehead atoms. The van der Waals surface area contributed by atoms with Gasteiger partial charge >= 0.3 is 88.7 Å². The predicted octanol–water partition coefficient (Wildman–Crippen LogP) is -15.0. The van der Waals surface area contributed by atoms with E-state index in [2.05, 4.69) is 4.52 Å². The molecule has 0 fully saturated rings. The molecule has 0 radical (unpaired) electrons. The smallest absolute Gasteiger partial charge is 0.790 e. The summed E-state index contributed by atoms with van der Waals surface area (Å²) in [6, 6.07) is 0. The molecular weight excluding hydrogens is 332 g/mol. The van der Waals surface area contributed by atoms with Crippen LogP contribution in [-0.2, 0) is 13.9 Å². The Morgan fingerprint density at radius 3 is 1.75 bits per heavy atom. The SMILES string of the molecule is O=C([O-])[C@@H](O)[C@H](O)[C@@H](O)[C@@H](O)COP(=O)([O-])[O-].[Na+].[Na+].[Na+]. The van der Waals surface area contributed by atoms with E-state index >= 15 is 0 Å². The molecule has 4 atom stereocenters. The summed E-state index contributed by atoms with van der Waals surface area (Å²) in [6.07, 6.45) is -9.16. The molecule has 0 aromatic carbocycles. The molecular formula is C6H10Na3O10P. The minimum atomic E-state index is -5.38. The minimum absolute atomic E-state index is 0. The third-order valence-corrected chi connectivity index (χ3v) is 2.18. The van der Waals surface area contributed by atoms with Crippen molar-refractivity contribution >= 4 is 13.8 Å². The molecule has 14 heteroatoms. The molecule has 0 aromatic rings. The first kappa shape index (κ1) is 30.3. The number of aliphatic hydroxyl groups is 4. The standard InChI is InChI=1S/C6H13O10P.3Na/c7-2(1-16-17(13,14)15)3(8)4(9)5(10)6(11)12;;;/h2-5,7-10H,1H2,(H,11,12)(H2,13,14,15);;;/q;3*+1/p-3/t2-,3-,4+,5-;;;/m0.../s1. The average molecular weight is 342 g/mol. The van der Waals surface area contributed by atoms with Gasteiger partial charge < -0.3 is 49.2 Å². The van der Waals surface area contributed by atoms with Crippen molar-refractivity contribution in [3.8, 4) is 0 Å². The molecule has 0 aliphatic heterocycles. The van der Waals surface area contributed by atoms with E-state index in [0.717, 1.165) is 0 Å². The number of phosphoric acid groups is 1. The van der Waals surface area contributed by atoms with Crippen molar-refractivity contribution in [2.75, 3.05) is 6.61 Å². The molecule has 0 saturated heterocycles. The van der Waals surface area contributed by atoms with Crippen LogP contribution in [0.5, 0.6) is 0 Å². The molecule has 20 heavy (non-hydrogen) atoms. The number of rotatable bonds is 7. The van der Waals surface area contributed by atoms with E-state index in [-0.39, 0.29) is 88.7 Å². The van der Waals surface area contributed by atoms with Crippen LogP contribution in [0.2, 0.25) is 0 Å². The Labute approximate surface area is 180 Å². The fraction of sp³-hybridized carbons (Fsp3) is 0.833.